The van der Waals surface area contributed by atoms with Crippen LogP contribution in [0.5, 0.6) is 0 Å². The van der Waals surface area contributed by atoms with E-state index in [1.165, 1.54) is 62.3 Å². The maximum Gasteiger partial charge on any atom is 0.155 e. The first kappa shape index (κ1) is 29.6. The molecule has 205 valence electrons. The molecular weight excluding hydrogens is 709 g/mol. The molecule has 0 unspecified atom stereocenters. The van der Waals surface area contributed by atoms with Crippen LogP contribution in [0, 0.1) is 13.1 Å². The van der Waals surface area contributed by atoms with E-state index in [0.717, 1.165) is 16.1 Å². The zero-order valence-corrected chi connectivity index (χ0v) is 27.4. The van der Waals surface area contributed by atoms with Crippen LogP contribution in [0.2, 0.25) is 19.6 Å². The SMILES string of the molecule is CC(=O)/C=C(/C)O.[CH2-][n+]1c(-c2[c-]ccc3c2sc2ncccc23)cc([Si](C)(C)C)c2c3ccccc3ccc21.[Ir]. The zero-order valence-electron chi connectivity index (χ0n) is 23.2. The first-order valence-electron chi connectivity index (χ1n) is 12.8. The molecule has 3 aromatic heterocycles. The van der Waals surface area contributed by atoms with Crippen LogP contribution in [-0.2, 0) is 24.9 Å². The molecule has 0 saturated carbocycles. The molecule has 7 heteroatoms. The van der Waals surface area contributed by atoms with Crippen LogP contribution >= 0.6 is 11.3 Å². The van der Waals surface area contributed by atoms with Crippen molar-refractivity contribution in [3.63, 3.8) is 0 Å². The largest absolute Gasteiger partial charge is 0.512 e. The number of fused-ring (bicyclic) bond motifs is 6. The summed E-state index contributed by atoms with van der Waals surface area (Å²) in [5, 5.41) is 16.2. The smallest absolute Gasteiger partial charge is 0.155 e. The minimum absolute atomic E-state index is 0. The van der Waals surface area contributed by atoms with E-state index < -0.39 is 8.07 Å². The fourth-order valence-corrected chi connectivity index (χ4v) is 7.77. The number of aromatic nitrogens is 2. The Kier molecular flexibility index (Phi) is 8.62. The van der Waals surface area contributed by atoms with Gasteiger partial charge in [-0.25, -0.2) is 4.98 Å². The van der Waals surface area contributed by atoms with Gasteiger partial charge in [-0.2, -0.15) is 11.3 Å². The molecule has 0 atom stereocenters. The summed E-state index contributed by atoms with van der Waals surface area (Å²) in [5.74, 6) is -0.0625. The Bertz CT molecular complexity index is 1920. The van der Waals surface area contributed by atoms with Crippen LogP contribution in [0.1, 0.15) is 13.8 Å². The number of carbonyl (C=O) groups is 1. The van der Waals surface area contributed by atoms with Crippen LogP contribution in [0.25, 0.3) is 53.2 Å². The van der Waals surface area contributed by atoms with Gasteiger partial charge in [0, 0.05) is 39.4 Å². The molecule has 0 aliphatic heterocycles. The Hall–Kier alpha value is -3.35. The number of nitrogens with zero attached hydrogens (tertiary/aromatic N) is 2. The van der Waals surface area contributed by atoms with Gasteiger partial charge in [0.05, 0.1) is 13.8 Å². The van der Waals surface area contributed by atoms with Crippen molar-refractivity contribution in [2.24, 2.45) is 0 Å². The number of hydrogen-bond donors (Lipinski definition) is 1. The van der Waals surface area contributed by atoms with Crippen LogP contribution in [-0.4, -0.2) is 23.9 Å². The standard InChI is InChI=1S/C28H23N2SSi.C5H8O2.Ir/c1-30-23-15-14-18-9-5-6-10-19(18)26(23)25(32(2,3)4)17-24(30)22-12-7-11-20-21-13-8-16-29-28(21)31-27(20)22;1-4(6)3-5(2)7;/h5-11,13-17H,1H2,2-4H3;3,6H,1-2H3;/q-1;;/b;4-3-;. The fourth-order valence-electron chi connectivity index (χ4n) is 5.04. The predicted octanol–water partition coefficient (Wildman–Crippen LogP) is 7.73. The van der Waals surface area contributed by atoms with E-state index in [1.54, 1.807) is 11.3 Å². The second kappa shape index (κ2) is 11.6. The van der Waals surface area contributed by atoms with E-state index in [4.69, 9.17) is 5.11 Å². The number of hydrogen-bond acceptors (Lipinski definition) is 4. The summed E-state index contributed by atoms with van der Waals surface area (Å²) in [5.41, 5.74) is 3.39. The van der Waals surface area contributed by atoms with E-state index in [-0.39, 0.29) is 31.6 Å². The molecule has 0 spiro atoms. The minimum atomic E-state index is -1.67. The van der Waals surface area contributed by atoms with Crippen LogP contribution in [0.15, 0.2) is 84.8 Å². The number of ketones is 1. The fraction of sp³-hybridized carbons (Fsp3) is 0.152. The van der Waals surface area contributed by atoms with Gasteiger partial charge < -0.3 is 9.67 Å². The summed E-state index contributed by atoms with van der Waals surface area (Å²) in [4.78, 5) is 15.7. The number of pyridine rings is 2. The summed E-state index contributed by atoms with van der Waals surface area (Å²) in [6.07, 6.45) is 3.03. The second-order valence-corrected chi connectivity index (χ2v) is 16.8. The van der Waals surface area contributed by atoms with E-state index in [0.29, 0.717) is 0 Å². The van der Waals surface area contributed by atoms with Gasteiger partial charge in [0.1, 0.15) is 16.0 Å². The third-order valence-corrected chi connectivity index (χ3v) is 9.88. The van der Waals surface area contributed by atoms with E-state index >= 15 is 0 Å². The van der Waals surface area contributed by atoms with Gasteiger partial charge >= 0.3 is 0 Å². The summed E-state index contributed by atoms with van der Waals surface area (Å²) < 4.78 is 3.33. The van der Waals surface area contributed by atoms with E-state index in [2.05, 4.69) is 96.9 Å². The second-order valence-electron chi connectivity index (χ2n) is 10.8. The van der Waals surface area contributed by atoms with Crippen molar-refractivity contribution in [1.82, 2.24) is 4.98 Å². The topological polar surface area (TPSA) is 54.1 Å². The van der Waals surface area contributed by atoms with Crippen molar-refractivity contribution < 1.29 is 34.6 Å². The Morgan fingerprint density at radius 1 is 1.02 bits per heavy atom. The third-order valence-electron chi connectivity index (χ3n) is 6.72. The first-order chi connectivity index (χ1) is 18.6. The average Bonchev–Trinajstić information content (AvgIpc) is 3.27. The molecule has 6 aromatic rings. The van der Waals surface area contributed by atoms with Gasteiger partial charge in [-0.05, 0) is 58.3 Å². The molecule has 1 radical (unpaired) electrons. The number of carbonyl (C=O) groups excluding carboxylic acids is 1. The van der Waals surface area contributed by atoms with Crippen molar-refractivity contribution in [1.29, 1.82) is 0 Å². The van der Waals surface area contributed by atoms with Crippen molar-refractivity contribution in [3.05, 3.63) is 97.9 Å². The van der Waals surface area contributed by atoms with Gasteiger partial charge in [-0.15, -0.1) is 18.2 Å². The summed E-state index contributed by atoms with van der Waals surface area (Å²) in [6, 6.07) is 27.4. The summed E-state index contributed by atoms with van der Waals surface area (Å²) in [6.45, 7) is 10.1. The maximum atomic E-state index is 10.0. The van der Waals surface area contributed by atoms with E-state index in [9.17, 15) is 4.79 Å². The molecule has 0 aliphatic rings. The number of rotatable bonds is 3. The molecule has 0 bridgehead atoms. The molecule has 0 fully saturated rings. The van der Waals surface area contributed by atoms with Crippen molar-refractivity contribution in [2.75, 3.05) is 0 Å². The molecule has 0 aliphatic carbocycles. The normalized spacial score (nSPS) is 11.9. The summed E-state index contributed by atoms with van der Waals surface area (Å²) in [7, 11) is 2.85. The molecule has 0 amide bonds. The molecule has 1 N–H and O–H groups in total. The van der Waals surface area contributed by atoms with Gasteiger partial charge in [0.2, 0.25) is 0 Å². The Labute approximate surface area is 253 Å². The number of benzene rings is 3. The first-order valence-corrected chi connectivity index (χ1v) is 17.2. The Morgan fingerprint density at radius 2 is 1.75 bits per heavy atom. The molecule has 0 saturated heterocycles. The number of allylic oxidation sites excluding steroid dienone is 2. The molecule has 6 rings (SSSR count). The van der Waals surface area contributed by atoms with Gasteiger partial charge in [0.25, 0.3) is 0 Å². The van der Waals surface area contributed by atoms with Gasteiger partial charge in [-0.3, -0.25) is 4.79 Å². The Morgan fingerprint density at radius 3 is 2.42 bits per heavy atom. The molecular formula is C33H31IrN2O2SSi-. The monoisotopic (exact) mass is 740 g/mol. The zero-order chi connectivity index (χ0) is 27.9. The van der Waals surface area contributed by atoms with Gasteiger partial charge in [-0.1, -0.05) is 72.2 Å². The molecule has 40 heavy (non-hydrogen) atoms. The van der Waals surface area contributed by atoms with Gasteiger partial charge in [0.15, 0.2) is 5.78 Å². The number of thiophene rings is 1. The molecule has 3 heterocycles. The third kappa shape index (κ3) is 5.61. The predicted molar refractivity (Wildman–Crippen MR) is 167 cm³/mol. The Balaban J connectivity index is 0.000000413. The van der Waals surface area contributed by atoms with Crippen LogP contribution < -0.4 is 9.75 Å². The van der Waals surface area contributed by atoms with Crippen molar-refractivity contribution in [2.45, 2.75) is 33.5 Å². The van der Waals surface area contributed by atoms with Crippen molar-refractivity contribution in [3.8, 4) is 11.3 Å². The van der Waals surface area contributed by atoms with Crippen molar-refractivity contribution >= 4 is 72.4 Å². The van der Waals surface area contributed by atoms with E-state index in [1.807, 2.05) is 18.3 Å². The number of aliphatic hydroxyl groups is 1. The van der Waals surface area contributed by atoms with Crippen LogP contribution in [0.4, 0.5) is 0 Å². The quantitative estimate of drug-likeness (QED) is 0.0505. The maximum absolute atomic E-state index is 10.0. The molecule has 3 aromatic carbocycles. The average molecular weight is 740 g/mol. The van der Waals surface area contributed by atoms with Crippen LogP contribution in [0.3, 0.4) is 0 Å². The molecule has 4 nitrogen and oxygen atoms in total. The minimum Gasteiger partial charge on any atom is -0.512 e. The number of aliphatic hydroxyl groups excluding tert-OH is 1. The summed E-state index contributed by atoms with van der Waals surface area (Å²) >= 11 is 1.74.